The summed E-state index contributed by atoms with van der Waals surface area (Å²) in [5, 5.41) is 3.11. The summed E-state index contributed by atoms with van der Waals surface area (Å²) in [6.45, 7) is 3.78. The molecule has 0 spiro atoms. The van der Waals surface area contributed by atoms with Crippen molar-refractivity contribution in [2.75, 3.05) is 26.3 Å². The number of ether oxygens (including phenoxy) is 1. The van der Waals surface area contributed by atoms with Crippen molar-refractivity contribution in [1.29, 1.82) is 0 Å². The topological polar surface area (TPSA) is 21.3 Å². The fraction of sp³-hybridized carbons (Fsp3) is 0.500. The number of rotatable bonds is 0. The van der Waals surface area contributed by atoms with Crippen molar-refractivity contribution in [3.8, 4) is 0 Å². The van der Waals surface area contributed by atoms with E-state index in [-0.39, 0.29) is 0 Å². The molecule has 0 unspecified atom stereocenters. The van der Waals surface area contributed by atoms with Crippen molar-refractivity contribution in [2.24, 2.45) is 0 Å². The minimum Gasteiger partial charge on any atom is -0.373 e. The second-order valence-electron chi connectivity index (χ2n) is 2.14. The van der Waals surface area contributed by atoms with Crippen LogP contribution in [0.4, 0.5) is 0 Å². The Hall–Kier alpha value is -0.600. The minimum absolute atomic E-state index is 0.819. The van der Waals surface area contributed by atoms with Crippen LogP contribution < -0.4 is 5.32 Å². The lowest BCUT2D eigenvalue weighted by atomic mass is 10.6. The predicted octanol–water partition coefficient (Wildman–Crippen LogP) is 0.719. The molecule has 1 N–H and O–H groups in total. The Kier molecular flexibility index (Phi) is 3.91. The highest BCUT2D eigenvalue weighted by Crippen LogP contribution is 1.85. The molecular weight excluding hydrogens is 126 g/mol. The van der Waals surface area contributed by atoms with Crippen LogP contribution in [-0.2, 0) is 4.74 Å². The summed E-state index contributed by atoms with van der Waals surface area (Å²) >= 11 is 0. The lowest BCUT2D eigenvalue weighted by Crippen LogP contribution is -2.04. The predicted molar refractivity (Wildman–Crippen MR) is 42.0 cm³/mol. The van der Waals surface area contributed by atoms with Crippen molar-refractivity contribution in [3.05, 3.63) is 24.3 Å². The smallest absolute Gasteiger partial charge is 0.0652 e. The SMILES string of the molecule is C1=CCNC1.C1=CCOC1. The Bertz CT molecular complexity index is 101. The van der Waals surface area contributed by atoms with E-state index in [1.807, 2.05) is 12.2 Å². The number of hydrogen-bond acceptors (Lipinski definition) is 2. The first-order chi connectivity index (χ1) is 5.00. The summed E-state index contributed by atoms with van der Waals surface area (Å²) in [7, 11) is 0. The molecule has 2 nitrogen and oxygen atoms in total. The van der Waals surface area contributed by atoms with Gasteiger partial charge in [-0.25, -0.2) is 0 Å². The quantitative estimate of drug-likeness (QED) is 0.499. The summed E-state index contributed by atoms with van der Waals surface area (Å²) in [5.41, 5.74) is 0. The van der Waals surface area contributed by atoms with Crippen LogP contribution >= 0.6 is 0 Å². The lowest BCUT2D eigenvalue weighted by Gasteiger charge is -1.77. The van der Waals surface area contributed by atoms with Crippen LogP contribution in [0.3, 0.4) is 0 Å². The maximum Gasteiger partial charge on any atom is 0.0652 e. The van der Waals surface area contributed by atoms with Gasteiger partial charge in [-0.1, -0.05) is 24.3 Å². The van der Waals surface area contributed by atoms with E-state index in [1.54, 1.807) is 0 Å². The van der Waals surface area contributed by atoms with Gasteiger partial charge >= 0.3 is 0 Å². The van der Waals surface area contributed by atoms with Gasteiger partial charge in [0.25, 0.3) is 0 Å². The molecule has 2 aliphatic heterocycles. The van der Waals surface area contributed by atoms with Gasteiger partial charge in [0.2, 0.25) is 0 Å². The van der Waals surface area contributed by atoms with Crippen molar-refractivity contribution < 1.29 is 4.74 Å². The van der Waals surface area contributed by atoms with E-state index in [0.29, 0.717) is 0 Å². The first-order valence-corrected chi connectivity index (χ1v) is 3.58. The normalized spacial score (nSPS) is 20.8. The van der Waals surface area contributed by atoms with Gasteiger partial charge in [-0.2, -0.15) is 0 Å². The van der Waals surface area contributed by atoms with E-state index in [0.717, 1.165) is 26.3 Å². The first kappa shape index (κ1) is 7.51. The van der Waals surface area contributed by atoms with Crippen molar-refractivity contribution in [1.82, 2.24) is 5.32 Å². The zero-order valence-corrected chi connectivity index (χ0v) is 6.05. The number of hydrogen-bond donors (Lipinski definition) is 1. The lowest BCUT2D eigenvalue weighted by molar-refractivity contribution is 0.213. The van der Waals surface area contributed by atoms with Crippen LogP contribution in [0.25, 0.3) is 0 Å². The third-order valence-electron chi connectivity index (χ3n) is 1.29. The van der Waals surface area contributed by atoms with E-state index in [2.05, 4.69) is 17.5 Å². The van der Waals surface area contributed by atoms with Crippen LogP contribution in [0.1, 0.15) is 0 Å². The zero-order chi connectivity index (χ0) is 7.07. The summed E-state index contributed by atoms with van der Waals surface area (Å²) < 4.78 is 4.83. The van der Waals surface area contributed by atoms with Gasteiger partial charge in [0, 0.05) is 13.1 Å². The molecule has 0 aromatic carbocycles. The van der Waals surface area contributed by atoms with Crippen LogP contribution in [0.5, 0.6) is 0 Å². The highest BCUT2D eigenvalue weighted by atomic mass is 16.5. The summed E-state index contributed by atoms with van der Waals surface area (Å²) in [6.07, 6.45) is 8.28. The molecule has 2 aliphatic rings. The van der Waals surface area contributed by atoms with Crippen molar-refractivity contribution in [3.63, 3.8) is 0 Å². The molecule has 2 heteroatoms. The molecule has 0 saturated carbocycles. The molecule has 0 fully saturated rings. The van der Waals surface area contributed by atoms with Gasteiger partial charge in [-0.05, 0) is 0 Å². The van der Waals surface area contributed by atoms with E-state index < -0.39 is 0 Å². The van der Waals surface area contributed by atoms with E-state index in [9.17, 15) is 0 Å². The molecule has 0 bridgehead atoms. The second-order valence-corrected chi connectivity index (χ2v) is 2.14. The van der Waals surface area contributed by atoms with Crippen LogP contribution in [0.2, 0.25) is 0 Å². The largest absolute Gasteiger partial charge is 0.373 e. The molecule has 0 radical (unpaired) electrons. The summed E-state index contributed by atoms with van der Waals surface area (Å²) in [4.78, 5) is 0. The first-order valence-electron chi connectivity index (χ1n) is 3.58. The highest BCUT2D eigenvalue weighted by molar-refractivity contribution is 4.92. The van der Waals surface area contributed by atoms with Crippen LogP contribution in [-0.4, -0.2) is 26.3 Å². The highest BCUT2D eigenvalue weighted by Gasteiger charge is 1.83. The Balaban J connectivity index is 0.0000001000. The minimum atomic E-state index is 0.819. The standard InChI is InChI=1S/C4H7N.C4H6O/c2*1-2-4-5-3-1/h1-2,5H,3-4H2;1-2H,3-4H2. The molecule has 0 atom stereocenters. The molecule has 0 saturated heterocycles. The average molecular weight is 139 g/mol. The maximum atomic E-state index is 4.83. The van der Waals surface area contributed by atoms with Gasteiger partial charge in [0.15, 0.2) is 0 Å². The number of nitrogens with one attached hydrogen (secondary N) is 1. The molecule has 56 valence electrons. The molecule has 0 amide bonds. The van der Waals surface area contributed by atoms with Crippen LogP contribution in [0, 0.1) is 0 Å². The van der Waals surface area contributed by atoms with Gasteiger partial charge < -0.3 is 10.1 Å². The third-order valence-corrected chi connectivity index (χ3v) is 1.29. The Morgan fingerprint density at radius 3 is 1.70 bits per heavy atom. The zero-order valence-electron chi connectivity index (χ0n) is 6.05. The summed E-state index contributed by atoms with van der Waals surface area (Å²) in [5.74, 6) is 0. The fourth-order valence-electron chi connectivity index (χ4n) is 0.757. The molecule has 0 aliphatic carbocycles. The maximum absolute atomic E-state index is 4.83. The Morgan fingerprint density at radius 1 is 0.900 bits per heavy atom. The van der Waals surface area contributed by atoms with Gasteiger partial charge in [0.05, 0.1) is 13.2 Å². The molecule has 2 rings (SSSR count). The summed E-state index contributed by atoms with van der Waals surface area (Å²) in [6, 6.07) is 0. The monoisotopic (exact) mass is 139 g/mol. The van der Waals surface area contributed by atoms with Crippen molar-refractivity contribution >= 4 is 0 Å². The third kappa shape index (κ3) is 3.43. The fourth-order valence-corrected chi connectivity index (χ4v) is 0.757. The van der Waals surface area contributed by atoms with Crippen molar-refractivity contribution in [2.45, 2.75) is 0 Å². The Morgan fingerprint density at radius 2 is 1.50 bits per heavy atom. The van der Waals surface area contributed by atoms with E-state index in [1.165, 1.54) is 0 Å². The van der Waals surface area contributed by atoms with E-state index >= 15 is 0 Å². The van der Waals surface area contributed by atoms with Crippen LogP contribution in [0.15, 0.2) is 24.3 Å². The van der Waals surface area contributed by atoms with Gasteiger partial charge in [0.1, 0.15) is 0 Å². The average Bonchev–Trinajstić information content (AvgIpc) is 2.67. The molecule has 2 heterocycles. The van der Waals surface area contributed by atoms with Gasteiger partial charge in [-0.15, -0.1) is 0 Å². The molecular formula is C8H13NO. The molecule has 0 aromatic heterocycles. The van der Waals surface area contributed by atoms with Gasteiger partial charge in [-0.3, -0.25) is 0 Å². The second kappa shape index (κ2) is 5.21. The Labute approximate surface area is 61.6 Å². The van der Waals surface area contributed by atoms with E-state index in [4.69, 9.17) is 4.74 Å². The molecule has 10 heavy (non-hydrogen) atoms. The molecule has 0 aromatic rings.